The Morgan fingerprint density at radius 1 is 1.05 bits per heavy atom. The number of rotatable bonds is 3. The van der Waals surface area contributed by atoms with Crippen molar-refractivity contribution in [1.82, 2.24) is 10.2 Å². The van der Waals surface area contributed by atoms with Crippen molar-refractivity contribution < 1.29 is 5.11 Å². The average Bonchev–Trinajstić information content (AvgIpc) is 2.36. The van der Waals surface area contributed by atoms with Gasteiger partial charge in [0.1, 0.15) is 5.75 Å². The topological polar surface area (TPSA) is 35.5 Å². The first kappa shape index (κ1) is 17.6. The number of benzene rings is 1. The number of hydrogen-bond acceptors (Lipinski definition) is 3. The number of phenols is 1. The standard InChI is InChI=1S/C15H22N2O.2ClH/c18-14-6-4-13(5-7-14)15(12-2-1-3-12)17-10-8-16-9-11-17;;/h4-7,12,15-16,18H,1-3,8-11H2;2*1H/t15-;;/m0../s1. The third-order valence-corrected chi connectivity index (χ3v) is 4.38. The van der Waals surface area contributed by atoms with Crippen molar-refractivity contribution in [3.8, 4) is 5.75 Å². The number of halogens is 2. The van der Waals surface area contributed by atoms with Crippen molar-refractivity contribution in [2.24, 2.45) is 5.92 Å². The molecule has 1 heterocycles. The summed E-state index contributed by atoms with van der Waals surface area (Å²) >= 11 is 0. The zero-order valence-electron chi connectivity index (χ0n) is 11.6. The Labute approximate surface area is 133 Å². The Bertz CT molecular complexity index is 389. The number of nitrogens with zero attached hydrogens (tertiary/aromatic N) is 1. The van der Waals surface area contributed by atoms with Gasteiger partial charge in [0.05, 0.1) is 0 Å². The van der Waals surface area contributed by atoms with Gasteiger partial charge in [0.25, 0.3) is 0 Å². The van der Waals surface area contributed by atoms with Gasteiger partial charge in [0, 0.05) is 32.2 Å². The highest BCUT2D eigenvalue weighted by Crippen LogP contribution is 2.41. The van der Waals surface area contributed by atoms with E-state index in [1.54, 1.807) is 0 Å². The molecule has 3 rings (SSSR count). The molecule has 0 unspecified atom stereocenters. The fourth-order valence-electron chi connectivity index (χ4n) is 3.17. The van der Waals surface area contributed by atoms with Crippen LogP contribution in [0.15, 0.2) is 24.3 Å². The molecule has 1 saturated heterocycles. The minimum atomic E-state index is 0. The predicted molar refractivity (Wildman–Crippen MR) is 87.1 cm³/mol. The van der Waals surface area contributed by atoms with Gasteiger partial charge in [-0.25, -0.2) is 0 Å². The van der Waals surface area contributed by atoms with Gasteiger partial charge in [-0.3, -0.25) is 4.90 Å². The summed E-state index contributed by atoms with van der Waals surface area (Å²) in [5.41, 5.74) is 1.37. The molecule has 1 saturated carbocycles. The molecule has 0 bridgehead atoms. The van der Waals surface area contributed by atoms with Crippen LogP contribution >= 0.6 is 24.8 Å². The van der Waals surface area contributed by atoms with Crippen molar-refractivity contribution in [1.29, 1.82) is 0 Å². The highest BCUT2D eigenvalue weighted by atomic mass is 35.5. The Morgan fingerprint density at radius 3 is 2.15 bits per heavy atom. The normalized spacial score (nSPS) is 21.2. The molecule has 5 heteroatoms. The lowest BCUT2D eigenvalue weighted by Gasteiger charge is -2.43. The molecule has 1 aromatic carbocycles. The van der Waals surface area contributed by atoms with E-state index in [1.165, 1.54) is 24.8 Å². The minimum absolute atomic E-state index is 0. The second kappa shape index (κ2) is 8.08. The summed E-state index contributed by atoms with van der Waals surface area (Å²) in [6.45, 7) is 4.48. The van der Waals surface area contributed by atoms with E-state index in [9.17, 15) is 5.11 Å². The molecule has 1 aliphatic carbocycles. The van der Waals surface area contributed by atoms with E-state index in [-0.39, 0.29) is 24.8 Å². The molecule has 20 heavy (non-hydrogen) atoms. The Hall–Kier alpha value is -0.480. The molecule has 0 spiro atoms. The van der Waals surface area contributed by atoms with Crippen LogP contribution in [0.1, 0.15) is 30.9 Å². The summed E-state index contributed by atoms with van der Waals surface area (Å²) in [7, 11) is 0. The molecule has 1 aliphatic heterocycles. The van der Waals surface area contributed by atoms with E-state index in [2.05, 4.69) is 22.3 Å². The van der Waals surface area contributed by atoms with E-state index in [0.29, 0.717) is 11.8 Å². The Balaban J connectivity index is 0.000001000. The van der Waals surface area contributed by atoms with Crippen molar-refractivity contribution >= 4 is 24.8 Å². The summed E-state index contributed by atoms with van der Waals surface area (Å²) in [4.78, 5) is 2.62. The molecular formula is C15H24Cl2N2O. The van der Waals surface area contributed by atoms with Gasteiger partial charge in [0.2, 0.25) is 0 Å². The zero-order valence-corrected chi connectivity index (χ0v) is 13.3. The van der Waals surface area contributed by atoms with Gasteiger partial charge in [-0.2, -0.15) is 0 Å². The van der Waals surface area contributed by atoms with Crippen LogP contribution in [-0.4, -0.2) is 36.2 Å². The largest absolute Gasteiger partial charge is 0.508 e. The molecule has 1 atom stereocenters. The second-order valence-corrected chi connectivity index (χ2v) is 5.51. The number of piperazine rings is 1. The van der Waals surface area contributed by atoms with Crippen LogP contribution in [0.4, 0.5) is 0 Å². The first-order valence-electron chi connectivity index (χ1n) is 7.08. The molecule has 2 aliphatic rings. The van der Waals surface area contributed by atoms with Gasteiger partial charge >= 0.3 is 0 Å². The van der Waals surface area contributed by atoms with Crippen LogP contribution in [0.5, 0.6) is 5.75 Å². The Morgan fingerprint density at radius 2 is 1.65 bits per heavy atom. The average molecular weight is 319 g/mol. The van der Waals surface area contributed by atoms with Gasteiger partial charge in [-0.1, -0.05) is 18.6 Å². The van der Waals surface area contributed by atoms with Crippen LogP contribution in [0.3, 0.4) is 0 Å². The van der Waals surface area contributed by atoms with Crippen molar-refractivity contribution in [2.45, 2.75) is 25.3 Å². The maximum atomic E-state index is 9.43. The molecular weight excluding hydrogens is 295 g/mol. The number of hydrogen-bond donors (Lipinski definition) is 2. The highest BCUT2D eigenvalue weighted by Gasteiger charge is 2.33. The maximum absolute atomic E-state index is 9.43. The highest BCUT2D eigenvalue weighted by molar-refractivity contribution is 5.85. The van der Waals surface area contributed by atoms with Gasteiger partial charge in [-0.05, 0) is 36.5 Å². The van der Waals surface area contributed by atoms with Crippen LogP contribution < -0.4 is 5.32 Å². The third-order valence-electron chi connectivity index (χ3n) is 4.38. The summed E-state index contributed by atoms with van der Waals surface area (Å²) < 4.78 is 0. The first-order valence-corrected chi connectivity index (χ1v) is 7.08. The molecule has 2 N–H and O–H groups in total. The lowest BCUT2D eigenvalue weighted by molar-refractivity contribution is 0.0837. The Kier molecular flexibility index (Phi) is 7.10. The number of nitrogens with one attached hydrogen (secondary N) is 1. The van der Waals surface area contributed by atoms with Gasteiger partial charge in [-0.15, -0.1) is 24.8 Å². The van der Waals surface area contributed by atoms with E-state index in [0.717, 1.165) is 32.1 Å². The summed E-state index contributed by atoms with van der Waals surface area (Å²) in [6.07, 6.45) is 4.09. The van der Waals surface area contributed by atoms with E-state index in [1.807, 2.05) is 12.1 Å². The lowest BCUT2D eigenvalue weighted by atomic mass is 9.76. The molecule has 3 nitrogen and oxygen atoms in total. The monoisotopic (exact) mass is 318 g/mol. The van der Waals surface area contributed by atoms with Gasteiger partial charge < -0.3 is 10.4 Å². The summed E-state index contributed by atoms with van der Waals surface area (Å²) in [5, 5.41) is 12.9. The van der Waals surface area contributed by atoms with Crippen LogP contribution in [0.25, 0.3) is 0 Å². The van der Waals surface area contributed by atoms with Crippen LogP contribution in [-0.2, 0) is 0 Å². The van der Waals surface area contributed by atoms with E-state index in [4.69, 9.17) is 0 Å². The summed E-state index contributed by atoms with van der Waals surface area (Å²) in [5.74, 6) is 1.18. The minimum Gasteiger partial charge on any atom is -0.508 e. The van der Waals surface area contributed by atoms with Crippen LogP contribution in [0, 0.1) is 5.92 Å². The molecule has 2 fully saturated rings. The third kappa shape index (κ3) is 3.79. The molecule has 0 aromatic heterocycles. The van der Waals surface area contributed by atoms with E-state index < -0.39 is 0 Å². The number of phenolic OH excluding ortho intramolecular Hbond substituents is 1. The van der Waals surface area contributed by atoms with Crippen LogP contribution in [0.2, 0.25) is 0 Å². The molecule has 0 amide bonds. The second-order valence-electron chi connectivity index (χ2n) is 5.51. The number of aromatic hydroxyl groups is 1. The first-order chi connectivity index (χ1) is 8.84. The van der Waals surface area contributed by atoms with Crippen molar-refractivity contribution in [2.75, 3.05) is 26.2 Å². The zero-order chi connectivity index (χ0) is 12.4. The predicted octanol–water partition coefficient (Wildman–Crippen LogP) is 2.98. The van der Waals surface area contributed by atoms with E-state index >= 15 is 0 Å². The smallest absolute Gasteiger partial charge is 0.115 e. The van der Waals surface area contributed by atoms with Gasteiger partial charge in [0.15, 0.2) is 0 Å². The lowest BCUT2D eigenvalue weighted by Crippen LogP contribution is -2.47. The van der Waals surface area contributed by atoms with Crippen molar-refractivity contribution in [3.63, 3.8) is 0 Å². The SMILES string of the molecule is Cl.Cl.Oc1ccc([C@H](C2CCC2)N2CCNCC2)cc1. The summed E-state index contributed by atoms with van der Waals surface area (Å²) in [6, 6.07) is 8.40. The van der Waals surface area contributed by atoms with Crippen molar-refractivity contribution in [3.05, 3.63) is 29.8 Å². The quantitative estimate of drug-likeness (QED) is 0.899. The molecule has 114 valence electrons. The molecule has 0 radical (unpaired) electrons. The fraction of sp³-hybridized carbons (Fsp3) is 0.600. The maximum Gasteiger partial charge on any atom is 0.115 e. The fourth-order valence-corrected chi connectivity index (χ4v) is 3.17. The molecule has 1 aromatic rings.